The van der Waals surface area contributed by atoms with Gasteiger partial charge in [-0.25, -0.2) is 14.5 Å². The maximum atomic E-state index is 12.9. The molecule has 5 rings (SSSR count). The number of carbonyl (C=O) groups is 1. The first-order chi connectivity index (χ1) is 20.0. The van der Waals surface area contributed by atoms with Crippen LogP contribution in [0.1, 0.15) is 35.2 Å². The number of aryl methyl sites for hydroxylation is 3. The van der Waals surface area contributed by atoms with Crippen molar-refractivity contribution in [1.29, 1.82) is 0 Å². The van der Waals surface area contributed by atoms with Gasteiger partial charge in [-0.15, -0.1) is 18.3 Å². The molecule has 3 aromatic carbocycles. The van der Waals surface area contributed by atoms with Gasteiger partial charge in [-0.3, -0.25) is 0 Å². The lowest BCUT2D eigenvalue weighted by molar-refractivity contribution is -0.274. The third kappa shape index (κ3) is 6.76. The average molecular weight is 595 g/mol. The minimum Gasteiger partial charge on any atom is -0.406 e. The standard InChI is InChI=1S/C30H29F3N6O2S/c1-18-15-19(2)26(20(3)16-18)38-13-14-42-29(38)36-28(40)35-21(4)22-5-7-23(8-6-22)27-34-17-39(37-27)24-9-11-25(12-10-24)41-30(31,32)33/h5-12,15-17,21H,13-14H2,1-4H3,(H,35,40). The molecule has 1 atom stereocenters. The monoisotopic (exact) mass is 594 g/mol. The summed E-state index contributed by atoms with van der Waals surface area (Å²) in [5.41, 5.74) is 6.78. The van der Waals surface area contributed by atoms with Crippen molar-refractivity contribution >= 4 is 28.6 Å². The number of aromatic nitrogens is 3. The van der Waals surface area contributed by atoms with Gasteiger partial charge >= 0.3 is 12.4 Å². The lowest BCUT2D eigenvalue weighted by Crippen LogP contribution is -2.29. The number of urea groups is 1. The number of halogens is 3. The Morgan fingerprint density at radius 1 is 1.05 bits per heavy atom. The zero-order chi connectivity index (χ0) is 30.0. The molecule has 1 unspecified atom stereocenters. The Balaban J connectivity index is 1.23. The summed E-state index contributed by atoms with van der Waals surface area (Å²) in [5, 5.41) is 8.08. The molecule has 2 amide bonds. The third-order valence-electron chi connectivity index (χ3n) is 6.72. The van der Waals surface area contributed by atoms with Crippen molar-refractivity contribution in [3.05, 3.63) is 89.2 Å². The van der Waals surface area contributed by atoms with E-state index in [4.69, 9.17) is 0 Å². The van der Waals surface area contributed by atoms with Gasteiger partial charge in [-0.2, -0.15) is 4.99 Å². The molecule has 12 heteroatoms. The van der Waals surface area contributed by atoms with E-state index in [1.165, 1.54) is 40.8 Å². The summed E-state index contributed by atoms with van der Waals surface area (Å²) in [6.07, 6.45) is -3.27. The van der Waals surface area contributed by atoms with Crippen LogP contribution in [0, 0.1) is 20.8 Å². The van der Waals surface area contributed by atoms with Crippen LogP contribution in [-0.2, 0) is 0 Å². The lowest BCUT2D eigenvalue weighted by atomic mass is 10.0. The number of aliphatic imine (C=N–C) groups is 1. The Hall–Kier alpha value is -4.32. The zero-order valence-corrected chi connectivity index (χ0v) is 24.3. The van der Waals surface area contributed by atoms with Crippen LogP contribution in [0.2, 0.25) is 0 Å². The molecular formula is C30H29F3N6O2S. The van der Waals surface area contributed by atoms with Crippen molar-refractivity contribution in [2.24, 2.45) is 4.99 Å². The van der Waals surface area contributed by atoms with E-state index in [9.17, 15) is 18.0 Å². The van der Waals surface area contributed by atoms with Gasteiger partial charge in [0, 0.05) is 23.5 Å². The number of ether oxygens (including phenoxy) is 1. The Kier molecular flexibility index (Phi) is 8.26. The van der Waals surface area contributed by atoms with Crippen LogP contribution in [0.4, 0.5) is 23.7 Å². The Labute approximate surface area is 245 Å². The minimum atomic E-state index is -4.75. The summed E-state index contributed by atoms with van der Waals surface area (Å²) in [4.78, 5) is 23.7. The summed E-state index contributed by atoms with van der Waals surface area (Å²) in [7, 11) is 0. The van der Waals surface area contributed by atoms with Crippen molar-refractivity contribution < 1.29 is 22.7 Å². The number of anilines is 1. The number of alkyl halides is 3. The molecule has 1 N–H and O–H groups in total. The lowest BCUT2D eigenvalue weighted by Gasteiger charge is -2.23. The van der Waals surface area contributed by atoms with Gasteiger partial charge in [0.05, 0.1) is 11.7 Å². The van der Waals surface area contributed by atoms with Crippen LogP contribution < -0.4 is 15.0 Å². The summed E-state index contributed by atoms with van der Waals surface area (Å²) in [6, 6.07) is 16.4. The van der Waals surface area contributed by atoms with E-state index in [1.807, 2.05) is 31.2 Å². The first-order valence-corrected chi connectivity index (χ1v) is 14.2. The first kappa shape index (κ1) is 29.2. The Morgan fingerprint density at radius 3 is 2.36 bits per heavy atom. The summed E-state index contributed by atoms with van der Waals surface area (Å²) in [6.45, 7) is 8.91. The van der Waals surface area contributed by atoms with E-state index in [1.54, 1.807) is 11.8 Å². The average Bonchev–Trinajstić information content (AvgIpc) is 3.58. The Morgan fingerprint density at radius 2 is 1.71 bits per heavy atom. The molecule has 0 aliphatic carbocycles. The predicted octanol–water partition coefficient (Wildman–Crippen LogP) is 7.14. The number of amidine groups is 1. The summed E-state index contributed by atoms with van der Waals surface area (Å²) < 4.78 is 42.6. The SMILES string of the molecule is Cc1cc(C)c(N2CCSC2=NC(=O)NC(C)c2ccc(-c3ncn(-c4ccc(OC(F)(F)F)cc4)n3)cc2)c(C)c1. The molecule has 1 fully saturated rings. The van der Waals surface area contributed by atoms with E-state index >= 15 is 0 Å². The summed E-state index contributed by atoms with van der Waals surface area (Å²) >= 11 is 1.57. The number of carbonyl (C=O) groups excluding carboxylic acids is 1. The molecule has 0 bridgehead atoms. The van der Waals surface area contributed by atoms with Crippen molar-refractivity contribution in [3.63, 3.8) is 0 Å². The second-order valence-corrected chi connectivity index (χ2v) is 11.1. The number of amides is 2. The molecule has 1 aliphatic rings. The van der Waals surface area contributed by atoms with Crippen molar-refractivity contribution in [2.45, 2.75) is 40.1 Å². The van der Waals surface area contributed by atoms with Crippen molar-refractivity contribution in [2.75, 3.05) is 17.2 Å². The topological polar surface area (TPSA) is 84.6 Å². The number of hydrogen-bond acceptors (Lipinski definition) is 5. The largest absolute Gasteiger partial charge is 0.573 e. The Bertz CT molecular complexity index is 1590. The van der Waals surface area contributed by atoms with Gasteiger partial charge in [0.2, 0.25) is 0 Å². The highest BCUT2D eigenvalue weighted by molar-refractivity contribution is 8.14. The maximum Gasteiger partial charge on any atom is 0.573 e. The quantitative estimate of drug-likeness (QED) is 0.256. The molecule has 0 spiro atoms. The van der Waals surface area contributed by atoms with E-state index in [-0.39, 0.29) is 11.8 Å². The highest BCUT2D eigenvalue weighted by Crippen LogP contribution is 2.32. The van der Waals surface area contributed by atoms with Gasteiger partial charge in [-0.1, -0.05) is 53.7 Å². The smallest absolute Gasteiger partial charge is 0.406 e. The van der Waals surface area contributed by atoms with Crippen molar-refractivity contribution in [3.8, 4) is 22.8 Å². The molecule has 42 heavy (non-hydrogen) atoms. The van der Waals surface area contributed by atoms with Crippen LogP contribution in [0.5, 0.6) is 5.75 Å². The molecule has 0 radical (unpaired) electrons. The van der Waals surface area contributed by atoms with E-state index in [2.05, 4.69) is 62.9 Å². The van der Waals surface area contributed by atoms with E-state index < -0.39 is 12.4 Å². The zero-order valence-electron chi connectivity index (χ0n) is 23.4. The molecule has 1 saturated heterocycles. The molecule has 1 aromatic heterocycles. The molecule has 0 saturated carbocycles. The van der Waals surface area contributed by atoms with Crippen LogP contribution in [-0.4, -0.2) is 44.6 Å². The van der Waals surface area contributed by atoms with Gasteiger partial charge in [0.15, 0.2) is 11.0 Å². The second-order valence-electron chi connectivity index (χ2n) is 9.99. The summed E-state index contributed by atoms with van der Waals surface area (Å²) in [5.74, 6) is 0.989. The molecular weight excluding hydrogens is 565 g/mol. The fourth-order valence-corrected chi connectivity index (χ4v) is 5.87. The number of thioether (sulfide) groups is 1. The number of benzene rings is 3. The van der Waals surface area contributed by atoms with Gasteiger partial charge < -0.3 is 15.0 Å². The molecule has 4 aromatic rings. The number of nitrogens with one attached hydrogen (secondary N) is 1. The predicted molar refractivity (Wildman–Crippen MR) is 158 cm³/mol. The fourth-order valence-electron chi connectivity index (χ4n) is 4.93. The van der Waals surface area contributed by atoms with Gasteiger partial charge in [0.1, 0.15) is 12.1 Å². The van der Waals surface area contributed by atoms with Crippen LogP contribution in [0.25, 0.3) is 17.1 Å². The highest BCUT2D eigenvalue weighted by atomic mass is 32.2. The normalized spacial score (nSPS) is 15.2. The van der Waals surface area contributed by atoms with Crippen LogP contribution in [0.15, 0.2) is 72.0 Å². The molecule has 218 valence electrons. The highest BCUT2D eigenvalue weighted by Gasteiger charge is 2.31. The first-order valence-electron chi connectivity index (χ1n) is 13.2. The molecule has 1 aliphatic heterocycles. The number of hydrogen-bond donors (Lipinski definition) is 1. The fraction of sp³-hybridized carbons (Fsp3) is 0.267. The van der Waals surface area contributed by atoms with Crippen LogP contribution >= 0.6 is 11.8 Å². The third-order valence-corrected chi connectivity index (χ3v) is 7.67. The second kappa shape index (κ2) is 11.9. The number of nitrogens with zero attached hydrogens (tertiary/aromatic N) is 5. The maximum absolute atomic E-state index is 12.9. The minimum absolute atomic E-state index is 0.290. The van der Waals surface area contributed by atoms with E-state index in [0.29, 0.717) is 16.7 Å². The number of rotatable bonds is 6. The van der Waals surface area contributed by atoms with Crippen LogP contribution in [0.3, 0.4) is 0 Å². The van der Waals surface area contributed by atoms with Gasteiger partial charge in [-0.05, 0) is 68.7 Å². The molecule has 8 nitrogen and oxygen atoms in total. The molecule has 2 heterocycles. The van der Waals surface area contributed by atoms with E-state index in [0.717, 1.165) is 40.2 Å². The van der Waals surface area contributed by atoms with Crippen molar-refractivity contribution in [1.82, 2.24) is 20.1 Å². The van der Waals surface area contributed by atoms with Gasteiger partial charge in [0.25, 0.3) is 0 Å².